The third kappa shape index (κ3) is 4.48. The van der Waals surface area contributed by atoms with Crippen LogP contribution >= 0.6 is 0 Å². The molecule has 3 aromatic rings. The number of rotatable bonds is 5. The fourth-order valence-corrected chi connectivity index (χ4v) is 2.51. The zero-order chi connectivity index (χ0) is 20.1. The highest BCUT2D eigenvalue weighted by Crippen LogP contribution is 2.20. The average molecular weight is 379 g/mol. The second kappa shape index (κ2) is 8.26. The van der Waals surface area contributed by atoms with E-state index < -0.39 is 23.5 Å². The average Bonchev–Trinajstić information content (AvgIpc) is 2.69. The van der Waals surface area contributed by atoms with Crippen molar-refractivity contribution in [2.75, 3.05) is 5.32 Å². The van der Waals surface area contributed by atoms with Gasteiger partial charge in [0, 0.05) is 11.3 Å². The quantitative estimate of drug-likeness (QED) is 0.607. The van der Waals surface area contributed by atoms with Gasteiger partial charge in [0.2, 0.25) is 0 Å². The number of carboxylic acids is 1. The predicted molar refractivity (Wildman–Crippen MR) is 103 cm³/mol. The largest absolute Gasteiger partial charge is 0.478 e. The molecule has 6 heteroatoms. The Labute approximate surface area is 159 Å². The van der Waals surface area contributed by atoms with Gasteiger partial charge in [0.1, 0.15) is 0 Å². The third-order valence-corrected chi connectivity index (χ3v) is 4.00. The van der Waals surface area contributed by atoms with Crippen molar-refractivity contribution in [1.82, 2.24) is 0 Å². The van der Waals surface area contributed by atoms with E-state index in [4.69, 9.17) is 5.11 Å². The molecule has 0 saturated heterocycles. The summed E-state index contributed by atoms with van der Waals surface area (Å²) in [6.07, 6.45) is 3.53. The first kappa shape index (κ1) is 19.0. The van der Waals surface area contributed by atoms with Gasteiger partial charge in [-0.25, -0.2) is 13.6 Å². The molecule has 28 heavy (non-hydrogen) atoms. The summed E-state index contributed by atoms with van der Waals surface area (Å²) >= 11 is 0. The van der Waals surface area contributed by atoms with Gasteiger partial charge < -0.3 is 10.4 Å². The van der Waals surface area contributed by atoms with Crippen LogP contribution in [0.15, 0.2) is 66.7 Å². The molecule has 0 spiro atoms. The molecule has 1 amide bonds. The van der Waals surface area contributed by atoms with E-state index in [1.807, 2.05) is 0 Å². The molecule has 4 nitrogen and oxygen atoms in total. The normalized spacial score (nSPS) is 10.8. The van der Waals surface area contributed by atoms with E-state index in [2.05, 4.69) is 5.32 Å². The molecule has 0 atom stereocenters. The molecule has 140 valence electrons. The number of hydrogen-bond acceptors (Lipinski definition) is 2. The third-order valence-electron chi connectivity index (χ3n) is 4.00. The number of nitrogens with one attached hydrogen (secondary N) is 1. The molecule has 0 aromatic heterocycles. The van der Waals surface area contributed by atoms with Gasteiger partial charge in [0.15, 0.2) is 11.6 Å². The van der Waals surface area contributed by atoms with Crippen LogP contribution in [0, 0.1) is 11.6 Å². The van der Waals surface area contributed by atoms with Crippen molar-refractivity contribution in [1.29, 1.82) is 0 Å². The zero-order valence-electron chi connectivity index (χ0n) is 14.5. The number of halogens is 2. The Bertz CT molecular complexity index is 1060. The van der Waals surface area contributed by atoms with Gasteiger partial charge in [-0.05, 0) is 47.5 Å². The summed E-state index contributed by atoms with van der Waals surface area (Å²) in [5.74, 6) is -3.68. The minimum Gasteiger partial charge on any atom is -0.478 e. The first-order valence-corrected chi connectivity index (χ1v) is 8.31. The molecular formula is C22H15F2NO3. The summed E-state index contributed by atoms with van der Waals surface area (Å²) in [5.41, 5.74) is 2.17. The van der Waals surface area contributed by atoms with Gasteiger partial charge in [-0.2, -0.15) is 0 Å². The zero-order valence-corrected chi connectivity index (χ0v) is 14.5. The summed E-state index contributed by atoms with van der Waals surface area (Å²) in [5, 5.41) is 11.6. The van der Waals surface area contributed by atoms with Crippen molar-refractivity contribution >= 4 is 29.7 Å². The van der Waals surface area contributed by atoms with E-state index >= 15 is 0 Å². The number of benzene rings is 3. The molecule has 0 fully saturated rings. The van der Waals surface area contributed by atoms with Crippen molar-refractivity contribution < 1.29 is 23.5 Å². The fraction of sp³-hybridized carbons (Fsp3) is 0. The number of amides is 1. The molecule has 0 bridgehead atoms. The molecule has 0 heterocycles. The smallest absolute Gasteiger partial charge is 0.335 e. The molecule has 3 rings (SSSR count). The van der Waals surface area contributed by atoms with Gasteiger partial charge in [-0.15, -0.1) is 0 Å². The Kier molecular flexibility index (Phi) is 5.60. The summed E-state index contributed by atoms with van der Waals surface area (Å²) in [6, 6.07) is 16.3. The van der Waals surface area contributed by atoms with E-state index in [-0.39, 0.29) is 11.1 Å². The molecule has 2 N–H and O–H groups in total. The Morgan fingerprint density at radius 2 is 1.50 bits per heavy atom. The Hall–Kier alpha value is -3.80. The van der Waals surface area contributed by atoms with Crippen LogP contribution < -0.4 is 5.32 Å². The second-order valence-corrected chi connectivity index (χ2v) is 5.93. The standard InChI is InChI=1S/C22H15F2NO3/c23-18-12-11-17(13-19(18)24)21(26)25-20-4-2-1-3-15(20)8-5-14-6-9-16(10-7-14)22(27)28/h1-13H,(H,25,26)(H,27,28). The molecule has 0 radical (unpaired) electrons. The minimum atomic E-state index is -1.09. The van der Waals surface area contributed by atoms with Crippen LogP contribution in [-0.4, -0.2) is 17.0 Å². The van der Waals surface area contributed by atoms with Crippen LogP contribution in [0.4, 0.5) is 14.5 Å². The molecule has 0 aliphatic rings. The van der Waals surface area contributed by atoms with E-state index in [0.717, 1.165) is 17.7 Å². The number of hydrogen-bond donors (Lipinski definition) is 2. The SMILES string of the molecule is O=C(O)c1ccc(C=Cc2ccccc2NC(=O)c2ccc(F)c(F)c2)cc1. The van der Waals surface area contributed by atoms with Crippen LogP contribution in [-0.2, 0) is 0 Å². The molecule has 0 unspecified atom stereocenters. The highest BCUT2D eigenvalue weighted by molar-refractivity contribution is 6.05. The number of carbonyl (C=O) groups is 2. The summed E-state index contributed by atoms with van der Waals surface area (Å²) in [4.78, 5) is 23.2. The predicted octanol–water partition coefficient (Wildman–Crippen LogP) is 5.09. The maximum absolute atomic E-state index is 13.3. The van der Waals surface area contributed by atoms with E-state index in [1.165, 1.54) is 18.2 Å². The fourth-order valence-electron chi connectivity index (χ4n) is 2.51. The maximum Gasteiger partial charge on any atom is 0.335 e. The molecule has 0 saturated carbocycles. The van der Waals surface area contributed by atoms with Gasteiger partial charge >= 0.3 is 5.97 Å². The van der Waals surface area contributed by atoms with Crippen LogP contribution in [0.3, 0.4) is 0 Å². The van der Waals surface area contributed by atoms with Gasteiger partial charge in [0.05, 0.1) is 5.56 Å². The molecule has 0 aliphatic heterocycles. The Morgan fingerprint density at radius 3 is 2.18 bits per heavy atom. The highest BCUT2D eigenvalue weighted by Gasteiger charge is 2.11. The van der Waals surface area contributed by atoms with E-state index in [0.29, 0.717) is 11.3 Å². The number of anilines is 1. The summed E-state index contributed by atoms with van der Waals surface area (Å²) in [7, 11) is 0. The summed E-state index contributed by atoms with van der Waals surface area (Å²) < 4.78 is 26.4. The van der Waals surface area contributed by atoms with Gasteiger partial charge in [-0.3, -0.25) is 4.79 Å². The van der Waals surface area contributed by atoms with Crippen molar-refractivity contribution in [3.05, 3.63) is 101 Å². The molecule has 3 aromatic carbocycles. The maximum atomic E-state index is 13.3. The second-order valence-electron chi connectivity index (χ2n) is 5.93. The van der Waals surface area contributed by atoms with Gasteiger partial charge in [0.25, 0.3) is 5.91 Å². The van der Waals surface area contributed by atoms with E-state index in [9.17, 15) is 18.4 Å². The van der Waals surface area contributed by atoms with Gasteiger partial charge in [-0.1, -0.05) is 42.5 Å². The van der Waals surface area contributed by atoms with Crippen molar-refractivity contribution in [3.8, 4) is 0 Å². The number of carbonyl (C=O) groups excluding carboxylic acids is 1. The molecule has 0 aliphatic carbocycles. The van der Waals surface area contributed by atoms with Crippen LogP contribution in [0.1, 0.15) is 31.8 Å². The Morgan fingerprint density at radius 1 is 0.821 bits per heavy atom. The topological polar surface area (TPSA) is 66.4 Å². The minimum absolute atomic E-state index is 0.00180. The van der Waals surface area contributed by atoms with Crippen LogP contribution in [0.25, 0.3) is 12.2 Å². The van der Waals surface area contributed by atoms with Crippen molar-refractivity contribution in [2.24, 2.45) is 0 Å². The lowest BCUT2D eigenvalue weighted by Gasteiger charge is -2.09. The van der Waals surface area contributed by atoms with Crippen molar-refractivity contribution in [3.63, 3.8) is 0 Å². The lowest BCUT2D eigenvalue weighted by Crippen LogP contribution is -2.13. The number of aromatic carboxylic acids is 1. The molecular weight excluding hydrogens is 364 g/mol. The Balaban J connectivity index is 1.79. The monoisotopic (exact) mass is 379 g/mol. The number of carboxylic acid groups (broad SMARTS) is 1. The number of para-hydroxylation sites is 1. The lowest BCUT2D eigenvalue weighted by atomic mass is 10.1. The van der Waals surface area contributed by atoms with E-state index in [1.54, 1.807) is 48.6 Å². The van der Waals surface area contributed by atoms with Crippen LogP contribution in [0.5, 0.6) is 0 Å². The van der Waals surface area contributed by atoms with Crippen LogP contribution in [0.2, 0.25) is 0 Å². The lowest BCUT2D eigenvalue weighted by molar-refractivity contribution is 0.0696. The first-order valence-electron chi connectivity index (χ1n) is 8.31. The first-order chi connectivity index (χ1) is 13.4. The highest BCUT2D eigenvalue weighted by atomic mass is 19.2. The summed E-state index contributed by atoms with van der Waals surface area (Å²) in [6.45, 7) is 0. The van der Waals surface area contributed by atoms with Crippen molar-refractivity contribution in [2.45, 2.75) is 0 Å².